The van der Waals surface area contributed by atoms with E-state index in [2.05, 4.69) is 61.7 Å². The lowest BCUT2D eigenvalue weighted by molar-refractivity contribution is 0.682. The van der Waals surface area contributed by atoms with Crippen molar-refractivity contribution in [2.45, 2.75) is 25.8 Å². The fourth-order valence-corrected chi connectivity index (χ4v) is 3.00. The summed E-state index contributed by atoms with van der Waals surface area (Å²) < 4.78 is 3.04. The van der Waals surface area contributed by atoms with E-state index in [0.29, 0.717) is 5.88 Å². The van der Waals surface area contributed by atoms with Crippen molar-refractivity contribution in [1.29, 1.82) is 0 Å². The minimum absolute atomic E-state index is 0.391. The van der Waals surface area contributed by atoms with Gasteiger partial charge < -0.3 is 4.57 Å². The molecule has 0 N–H and O–H groups in total. The Morgan fingerprint density at radius 2 is 2.14 bits per heavy atom. The molecular weight excluding hydrogens is 350 g/mol. The number of alkyl halides is 1. The Hall–Kier alpha value is -1.39. The molecule has 3 nitrogen and oxygen atoms in total. The predicted octanol–water partition coefficient (Wildman–Crippen LogP) is 4.48. The largest absolute Gasteiger partial charge is 0.311 e. The van der Waals surface area contributed by atoms with Crippen LogP contribution in [0.5, 0.6) is 0 Å². The minimum atomic E-state index is 0.391. The van der Waals surface area contributed by atoms with Crippen molar-refractivity contribution in [2.24, 2.45) is 0 Å². The van der Waals surface area contributed by atoms with Crippen LogP contribution in [0.1, 0.15) is 17.0 Å². The summed E-state index contributed by atoms with van der Waals surface area (Å²) in [5.41, 5.74) is 4.36. The zero-order chi connectivity index (χ0) is 14.8. The maximum Gasteiger partial charge on any atom is 0.160 e. The van der Waals surface area contributed by atoms with Gasteiger partial charge in [-0.3, -0.25) is 0 Å². The first-order chi connectivity index (χ1) is 10.2. The monoisotopic (exact) mass is 363 g/mol. The van der Waals surface area contributed by atoms with Crippen LogP contribution in [-0.2, 0) is 18.8 Å². The Morgan fingerprint density at radius 3 is 2.90 bits per heavy atom. The molecule has 1 aromatic carbocycles. The molecule has 0 atom stereocenters. The van der Waals surface area contributed by atoms with Crippen molar-refractivity contribution < 1.29 is 0 Å². The van der Waals surface area contributed by atoms with Crippen LogP contribution >= 0.6 is 27.5 Å². The molecule has 108 valence electrons. The smallest absolute Gasteiger partial charge is 0.160 e. The van der Waals surface area contributed by atoms with Crippen LogP contribution in [0.4, 0.5) is 0 Å². The van der Waals surface area contributed by atoms with Crippen molar-refractivity contribution >= 4 is 38.7 Å². The average Bonchev–Trinajstić information content (AvgIpc) is 2.82. The first-order valence-electron chi connectivity index (χ1n) is 6.79. The van der Waals surface area contributed by atoms with Crippen molar-refractivity contribution in [3.63, 3.8) is 0 Å². The molecule has 0 aliphatic heterocycles. The summed E-state index contributed by atoms with van der Waals surface area (Å²) >= 11 is 9.45. The Balaban J connectivity index is 1.92. The summed E-state index contributed by atoms with van der Waals surface area (Å²) in [6.07, 6.45) is 2.74. The van der Waals surface area contributed by atoms with Gasteiger partial charge in [-0.25, -0.2) is 9.97 Å². The molecule has 0 amide bonds. The normalized spacial score (nSPS) is 11.2. The number of imidazole rings is 1. The molecule has 5 heteroatoms. The highest BCUT2D eigenvalue weighted by atomic mass is 79.9. The van der Waals surface area contributed by atoms with E-state index >= 15 is 0 Å². The minimum Gasteiger partial charge on any atom is -0.311 e. The SMILES string of the molecule is Cc1cccc(CCn2c(CCl)nc3cc(Br)cnc32)c1. The third kappa shape index (κ3) is 3.11. The van der Waals surface area contributed by atoms with Crippen molar-refractivity contribution in [1.82, 2.24) is 14.5 Å². The van der Waals surface area contributed by atoms with Gasteiger partial charge in [-0.05, 0) is 40.9 Å². The van der Waals surface area contributed by atoms with Gasteiger partial charge in [0.15, 0.2) is 5.65 Å². The Morgan fingerprint density at radius 1 is 1.29 bits per heavy atom. The fourth-order valence-electron chi connectivity index (χ4n) is 2.48. The lowest BCUT2D eigenvalue weighted by atomic mass is 10.1. The van der Waals surface area contributed by atoms with Gasteiger partial charge in [-0.15, -0.1) is 11.6 Å². The Labute approximate surface area is 137 Å². The molecule has 0 aliphatic rings. The van der Waals surface area contributed by atoms with E-state index < -0.39 is 0 Å². The van der Waals surface area contributed by atoms with Crippen LogP contribution in [0.2, 0.25) is 0 Å². The molecule has 0 bridgehead atoms. The summed E-state index contributed by atoms with van der Waals surface area (Å²) in [7, 11) is 0. The Kier molecular flexibility index (Phi) is 4.27. The number of fused-ring (bicyclic) bond motifs is 1. The zero-order valence-electron chi connectivity index (χ0n) is 11.7. The van der Waals surface area contributed by atoms with Gasteiger partial charge in [0.25, 0.3) is 0 Å². The maximum absolute atomic E-state index is 6.03. The molecule has 2 aromatic heterocycles. The molecule has 0 fully saturated rings. The van der Waals surface area contributed by atoms with Crippen LogP contribution < -0.4 is 0 Å². The second kappa shape index (κ2) is 6.16. The first-order valence-corrected chi connectivity index (χ1v) is 8.12. The second-order valence-corrected chi connectivity index (χ2v) is 6.23. The summed E-state index contributed by atoms with van der Waals surface area (Å²) in [6, 6.07) is 10.5. The van der Waals surface area contributed by atoms with Crippen LogP contribution in [0.25, 0.3) is 11.2 Å². The van der Waals surface area contributed by atoms with Crippen LogP contribution in [0, 0.1) is 6.92 Å². The molecule has 0 spiro atoms. The molecule has 2 heterocycles. The number of nitrogens with zero attached hydrogens (tertiary/aromatic N) is 3. The van der Waals surface area contributed by atoms with Gasteiger partial charge in [-0.1, -0.05) is 29.8 Å². The third-order valence-electron chi connectivity index (χ3n) is 3.46. The lowest BCUT2D eigenvalue weighted by Crippen LogP contribution is -2.06. The highest BCUT2D eigenvalue weighted by Gasteiger charge is 2.11. The van der Waals surface area contributed by atoms with E-state index in [0.717, 1.165) is 34.4 Å². The number of benzene rings is 1. The van der Waals surface area contributed by atoms with Crippen molar-refractivity contribution in [3.05, 3.63) is 58.0 Å². The molecule has 0 unspecified atom stereocenters. The fraction of sp³-hybridized carbons (Fsp3) is 0.250. The lowest BCUT2D eigenvalue weighted by Gasteiger charge is -2.07. The van der Waals surface area contributed by atoms with Gasteiger partial charge in [0.2, 0.25) is 0 Å². The number of rotatable bonds is 4. The predicted molar refractivity (Wildman–Crippen MR) is 89.7 cm³/mol. The summed E-state index contributed by atoms with van der Waals surface area (Å²) in [6.45, 7) is 2.94. The van der Waals surface area contributed by atoms with Gasteiger partial charge in [0.05, 0.1) is 5.88 Å². The number of pyridine rings is 1. The standard InChI is InChI=1S/C16H15BrClN3/c1-11-3-2-4-12(7-11)5-6-21-15(9-18)20-14-8-13(17)10-19-16(14)21/h2-4,7-8,10H,5-6,9H2,1H3. The molecular formula is C16H15BrClN3. The van der Waals surface area contributed by atoms with Gasteiger partial charge in [0, 0.05) is 17.2 Å². The molecule has 3 rings (SSSR count). The van der Waals surface area contributed by atoms with Crippen LogP contribution in [-0.4, -0.2) is 14.5 Å². The summed E-state index contributed by atoms with van der Waals surface area (Å²) in [4.78, 5) is 9.03. The Bertz CT molecular complexity index is 782. The van der Waals surface area contributed by atoms with Crippen molar-refractivity contribution in [3.8, 4) is 0 Å². The maximum atomic E-state index is 6.03. The highest BCUT2D eigenvalue weighted by molar-refractivity contribution is 9.10. The molecule has 21 heavy (non-hydrogen) atoms. The van der Waals surface area contributed by atoms with E-state index in [-0.39, 0.29) is 0 Å². The number of hydrogen-bond donors (Lipinski definition) is 0. The van der Waals surface area contributed by atoms with E-state index in [1.165, 1.54) is 11.1 Å². The summed E-state index contributed by atoms with van der Waals surface area (Å²) in [5, 5.41) is 0. The van der Waals surface area contributed by atoms with E-state index in [1.807, 2.05) is 6.07 Å². The topological polar surface area (TPSA) is 30.7 Å². The molecule has 0 radical (unpaired) electrons. The number of hydrogen-bond acceptors (Lipinski definition) is 2. The van der Waals surface area contributed by atoms with E-state index in [4.69, 9.17) is 11.6 Å². The van der Waals surface area contributed by atoms with Crippen molar-refractivity contribution in [2.75, 3.05) is 0 Å². The average molecular weight is 365 g/mol. The van der Waals surface area contributed by atoms with Crippen LogP contribution in [0.15, 0.2) is 41.0 Å². The highest BCUT2D eigenvalue weighted by Crippen LogP contribution is 2.20. The van der Waals surface area contributed by atoms with Gasteiger partial charge in [-0.2, -0.15) is 0 Å². The molecule has 0 saturated heterocycles. The van der Waals surface area contributed by atoms with E-state index in [9.17, 15) is 0 Å². The molecule has 3 aromatic rings. The van der Waals surface area contributed by atoms with Gasteiger partial charge >= 0.3 is 0 Å². The molecule has 0 saturated carbocycles. The quantitative estimate of drug-likeness (QED) is 0.639. The zero-order valence-corrected chi connectivity index (χ0v) is 14.0. The van der Waals surface area contributed by atoms with Gasteiger partial charge in [0.1, 0.15) is 11.3 Å². The first kappa shape index (κ1) is 14.5. The number of aromatic nitrogens is 3. The number of halogens is 2. The summed E-state index contributed by atoms with van der Waals surface area (Å²) in [5.74, 6) is 1.26. The number of aryl methyl sites for hydroxylation is 3. The second-order valence-electron chi connectivity index (χ2n) is 5.05. The third-order valence-corrected chi connectivity index (χ3v) is 4.13. The van der Waals surface area contributed by atoms with E-state index in [1.54, 1.807) is 6.20 Å². The van der Waals surface area contributed by atoms with Crippen LogP contribution in [0.3, 0.4) is 0 Å². The molecule has 0 aliphatic carbocycles.